The molecule has 7 nitrogen and oxygen atoms in total. The number of likely N-dealkylation sites (tertiary alicyclic amines) is 1. The van der Waals surface area contributed by atoms with E-state index < -0.39 is 0 Å². The van der Waals surface area contributed by atoms with Gasteiger partial charge >= 0.3 is 0 Å². The standard InChI is InChI=1S/C25H41N5O2.HI/c1-4-26-25(28-17-23-19-29(14-15-32-23)18-20(2)3)27-16-21-8-10-22(11-9-21)24(31)30-12-6-5-7-13-30;/h8-11,20,23H,4-7,12-19H2,1-3H3,(H2,26,27,28);1H. The molecule has 33 heavy (non-hydrogen) atoms. The largest absolute Gasteiger partial charge is 0.374 e. The van der Waals surface area contributed by atoms with Crippen molar-refractivity contribution in [2.45, 2.75) is 52.7 Å². The summed E-state index contributed by atoms with van der Waals surface area (Å²) in [7, 11) is 0. The Morgan fingerprint density at radius 3 is 2.52 bits per heavy atom. The molecule has 2 aliphatic rings. The number of guanidine groups is 1. The molecule has 2 aliphatic heterocycles. The predicted molar refractivity (Wildman–Crippen MR) is 145 cm³/mol. The zero-order chi connectivity index (χ0) is 22.8. The number of hydrogen-bond acceptors (Lipinski definition) is 4. The monoisotopic (exact) mass is 571 g/mol. The van der Waals surface area contributed by atoms with Gasteiger partial charge in [0, 0.05) is 51.4 Å². The van der Waals surface area contributed by atoms with E-state index in [1.807, 2.05) is 29.2 Å². The van der Waals surface area contributed by atoms with Crippen molar-refractivity contribution < 1.29 is 9.53 Å². The Bertz CT molecular complexity index is 735. The lowest BCUT2D eigenvalue weighted by atomic mass is 10.1. The van der Waals surface area contributed by atoms with Crippen LogP contribution in [0.5, 0.6) is 0 Å². The van der Waals surface area contributed by atoms with Gasteiger partial charge in [-0.2, -0.15) is 0 Å². The summed E-state index contributed by atoms with van der Waals surface area (Å²) in [6.45, 7) is 14.3. The molecule has 2 saturated heterocycles. The van der Waals surface area contributed by atoms with Crippen molar-refractivity contribution in [2.24, 2.45) is 10.9 Å². The summed E-state index contributed by atoms with van der Waals surface area (Å²) in [6.07, 6.45) is 3.62. The second kappa shape index (κ2) is 14.8. The van der Waals surface area contributed by atoms with Crippen LogP contribution in [0.15, 0.2) is 29.3 Å². The maximum absolute atomic E-state index is 12.6. The van der Waals surface area contributed by atoms with Gasteiger partial charge in [0.05, 0.1) is 19.3 Å². The highest BCUT2D eigenvalue weighted by Crippen LogP contribution is 2.14. The van der Waals surface area contributed by atoms with Crippen LogP contribution in [0.1, 0.15) is 56.0 Å². The number of amides is 1. The highest BCUT2D eigenvalue weighted by Gasteiger charge is 2.21. The van der Waals surface area contributed by atoms with E-state index in [0.717, 1.165) is 82.3 Å². The maximum atomic E-state index is 12.6. The Kier molecular flexibility index (Phi) is 12.5. The zero-order valence-corrected chi connectivity index (χ0v) is 22.8. The van der Waals surface area contributed by atoms with Crippen LogP contribution in [-0.2, 0) is 11.3 Å². The number of ether oxygens (including phenoxy) is 1. The number of rotatable bonds is 8. The molecule has 0 spiro atoms. The number of carbonyl (C=O) groups is 1. The second-order valence-electron chi connectivity index (χ2n) is 9.27. The van der Waals surface area contributed by atoms with Gasteiger partial charge in [-0.25, -0.2) is 4.99 Å². The lowest BCUT2D eigenvalue weighted by Crippen LogP contribution is -2.50. The number of nitrogens with one attached hydrogen (secondary N) is 2. The number of aliphatic imine (C=N–C) groups is 1. The number of carbonyl (C=O) groups excluding carboxylic acids is 1. The minimum absolute atomic E-state index is 0. The second-order valence-corrected chi connectivity index (χ2v) is 9.27. The summed E-state index contributed by atoms with van der Waals surface area (Å²) in [5.41, 5.74) is 1.86. The first-order valence-electron chi connectivity index (χ1n) is 12.3. The van der Waals surface area contributed by atoms with Gasteiger partial charge in [0.1, 0.15) is 0 Å². The molecule has 0 radical (unpaired) electrons. The van der Waals surface area contributed by atoms with E-state index in [2.05, 4.69) is 36.3 Å². The predicted octanol–water partition coefficient (Wildman–Crippen LogP) is 3.34. The number of piperidine rings is 1. The summed E-state index contributed by atoms with van der Waals surface area (Å²) >= 11 is 0. The van der Waals surface area contributed by atoms with E-state index in [1.165, 1.54) is 6.42 Å². The van der Waals surface area contributed by atoms with E-state index >= 15 is 0 Å². The molecule has 186 valence electrons. The Morgan fingerprint density at radius 1 is 1.12 bits per heavy atom. The van der Waals surface area contributed by atoms with Crippen molar-refractivity contribution in [2.75, 3.05) is 52.4 Å². The third kappa shape index (κ3) is 9.41. The van der Waals surface area contributed by atoms with Gasteiger partial charge in [-0.3, -0.25) is 9.69 Å². The van der Waals surface area contributed by atoms with Gasteiger partial charge in [-0.1, -0.05) is 26.0 Å². The van der Waals surface area contributed by atoms with E-state index in [0.29, 0.717) is 12.5 Å². The highest BCUT2D eigenvalue weighted by atomic mass is 127. The number of nitrogens with zero attached hydrogens (tertiary/aromatic N) is 3. The summed E-state index contributed by atoms with van der Waals surface area (Å²) in [5, 5.41) is 6.75. The Balaban J connectivity index is 0.00000385. The molecule has 0 aliphatic carbocycles. The molecule has 8 heteroatoms. The fourth-order valence-corrected chi connectivity index (χ4v) is 4.34. The van der Waals surface area contributed by atoms with E-state index in [1.54, 1.807) is 0 Å². The van der Waals surface area contributed by atoms with Crippen LogP contribution < -0.4 is 10.6 Å². The first-order valence-corrected chi connectivity index (χ1v) is 12.3. The van der Waals surface area contributed by atoms with Crippen molar-refractivity contribution >= 4 is 35.8 Å². The van der Waals surface area contributed by atoms with Gasteiger partial charge < -0.3 is 20.3 Å². The first-order chi connectivity index (χ1) is 15.5. The van der Waals surface area contributed by atoms with Gasteiger partial charge in [0.25, 0.3) is 5.91 Å². The third-order valence-corrected chi connectivity index (χ3v) is 5.95. The lowest BCUT2D eigenvalue weighted by molar-refractivity contribution is -0.0284. The van der Waals surface area contributed by atoms with Crippen molar-refractivity contribution in [1.29, 1.82) is 0 Å². The van der Waals surface area contributed by atoms with Crippen LogP contribution in [0.4, 0.5) is 0 Å². The minimum atomic E-state index is 0. The number of halogens is 1. The molecule has 0 bridgehead atoms. The van der Waals surface area contributed by atoms with Gasteiger partial charge in [-0.15, -0.1) is 24.0 Å². The normalized spacial score (nSPS) is 19.8. The molecule has 3 rings (SSSR count). The quantitative estimate of drug-likeness (QED) is 0.285. The molecule has 1 aromatic carbocycles. The van der Waals surface area contributed by atoms with E-state index in [4.69, 9.17) is 9.73 Å². The first kappa shape index (κ1) is 27.9. The van der Waals surface area contributed by atoms with Crippen molar-refractivity contribution in [3.8, 4) is 0 Å². The van der Waals surface area contributed by atoms with Gasteiger partial charge in [0.2, 0.25) is 0 Å². The Labute approximate surface area is 216 Å². The van der Waals surface area contributed by atoms with Crippen LogP contribution in [0, 0.1) is 5.92 Å². The minimum Gasteiger partial charge on any atom is -0.374 e. The van der Waals surface area contributed by atoms with Crippen molar-refractivity contribution in [3.05, 3.63) is 35.4 Å². The molecule has 1 atom stereocenters. The molecule has 1 aromatic rings. The third-order valence-electron chi connectivity index (χ3n) is 5.95. The molecular formula is C25H42IN5O2. The average Bonchev–Trinajstić information content (AvgIpc) is 2.81. The van der Waals surface area contributed by atoms with Crippen LogP contribution in [0.2, 0.25) is 0 Å². The molecule has 2 fully saturated rings. The van der Waals surface area contributed by atoms with Crippen LogP contribution >= 0.6 is 24.0 Å². The molecule has 0 saturated carbocycles. The molecule has 0 aromatic heterocycles. The fraction of sp³-hybridized carbons (Fsp3) is 0.680. The summed E-state index contributed by atoms with van der Waals surface area (Å²) in [6, 6.07) is 7.89. The SMILES string of the molecule is CCNC(=NCc1ccc(C(=O)N2CCCCC2)cc1)NCC1CN(CC(C)C)CCO1.I. The molecule has 1 amide bonds. The molecule has 2 N–H and O–H groups in total. The summed E-state index contributed by atoms with van der Waals surface area (Å²) in [5.74, 6) is 1.61. The van der Waals surface area contributed by atoms with Crippen LogP contribution in [-0.4, -0.2) is 80.2 Å². The number of benzene rings is 1. The Hall–Kier alpha value is -1.39. The maximum Gasteiger partial charge on any atom is 0.253 e. The highest BCUT2D eigenvalue weighted by molar-refractivity contribution is 14.0. The van der Waals surface area contributed by atoms with Crippen LogP contribution in [0.25, 0.3) is 0 Å². The fourth-order valence-electron chi connectivity index (χ4n) is 4.34. The average molecular weight is 572 g/mol. The lowest BCUT2D eigenvalue weighted by Gasteiger charge is -2.34. The zero-order valence-electron chi connectivity index (χ0n) is 20.5. The number of morpholine rings is 1. The summed E-state index contributed by atoms with van der Waals surface area (Å²) < 4.78 is 5.94. The molecular weight excluding hydrogens is 529 g/mol. The smallest absolute Gasteiger partial charge is 0.253 e. The number of hydrogen-bond donors (Lipinski definition) is 2. The van der Waals surface area contributed by atoms with Gasteiger partial charge in [-0.05, 0) is 49.8 Å². The van der Waals surface area contributed by atoms with Crippen molar-refractivity contribution in [3.63, 3.8) is 0 Å². The van der Waals surface area contributed by atoms with Crippen molar-refractivity contribution in [1.82, 2.24) is 20.4 Å². The topological polar surface area (TPSA) is 69.2 Å². The molecule has 2 heterocycles. The van der Waals surface area contributed by atoms with Crippen LogP contribution in [0.3, 0.4) is 0 Å². The molecule has 1 unspecified atom stereocenters. The summed E-state index contributed by atoms with van der Waals surface area (Å²) in [4.78, 5) is 21.8. The van der Waals surface area contributed by atoms with E-state index in [9.17, 15) is 4.79 Å². The van der Waals surface area contributed by atoms with Gasteiger partial charge in [0.15, 0.2) is 5.96 Å². The van der Waals surface area contributed by atoms with E-state index in [-0.39, 0.29) is 36.0 Å². The Morgan fingerprint density at radius 2 is 1.85 bits per heavy atom.